The van der Waals surface area contributed by atoms with E-state index >= 15 is 0 Å². The Morgan fingerprint density at radius 3 is 2.82 bits per heavy atom. The van der Waals surface area contributed by atoms with Crippen molar-refractivity contribution in [2.24, 2.45) is 5.92 Å². The molecule has 100 valence electrons. The van der Waals surface area contributed by atoms with Crippen LogP contribution in [0.4, 0.5) is 0 Å². The Hall–Kier alpha value is -0.610. The van der Waals surface area contributed by atoms with Gasteiger partial charge in [-0.2, -0.15) is 0 Å². The van der Waals surface area contributed by atoms with Gasteiger partial charge in [0.15, 0.2) is 0 Å². The van der Waals surface area contributed by atoms with Crippen LogP contribution in [0.25, 0.3) is 0 Å². The molecule has 1 atom stereocenters. The van der Waals surface area contributed by atoms with Crippen LogP contribution in [0.1, 0.15) is 45.4 Å². The SMILES string of the molecule is CCOCCCC(=O)NCC(O)C1CCCC1. The third kappa shape index (κ3) is 6.03. The van der Waals surface area contributed by atoms with Gasteiger partial charge in [-0.15, -0.1) is 0 Å². The summed E-state index contributed by atoms with van der Waals surface area (Å²) in [6.45, 7) is 3.67. The van der Waals surface area contributed by atoms with Crippen LogP contribution < -0.4 is 5.32 Å². The number of nitrogens with one attached hydrogen (secondary N) is 1. The van der Waals surface area contributed by atoms with Gasteiger partial charge >= 0.3 is 0 Å². The maximum absolute atomic E-state index is 11.4. The molecule has 0 aromatic rings. The first-order valence-corrected chi connectivity index (χ1v) is 6.76. The second-order valence-corrected chi connectivity index (χ2v) is 4.72. The Balaban J connectivity index is 2.02. The highest BCUT2D eigenvalue weighted by atomic mass is 16.5. The summed E-state index contributed by atoms with van der Waals surface area (Å²) < 4.78 is 5.16. The average molecular weight is 243 g/mol. The van der Waals surface area contributed by atoms with E-state index in [1.165, 1.54) is 12.8 Å². The van der Waals surface area contributed by atoms with Crippen molar-refractivity contribution in [3.63, 3.8) is 0 Å². The number of ether oxygens (including phenoxy) is 1. The maximum Gasteiger partial charge on any atom is 0.220 e. The predicted octanol–water partition coefficient (Wildman–Crippen LogP) is 1.47. The highest BCUT2D eigenvalue weighted by molar-refractivity contribution is 5.75. The van der Waals surface area contributed by atoms with E-state index in [1.807, 2.05) is 6.92 Å². The van der Waals surface area contributed by atoms with Gasteiger partial charge in [0.2, 0.25) is 5.91 Å². The number of carbonyl (C=O) groups is 1. The van der Waals surface area contributed by atoms with Crippen LogP contribution in [-0.4, -0.2) is 36.9 Å². The van der Waals surface area contributed by atoms with Gasteiger partial charge in [-0.3, -0.25) is 4.79 Å². The van der Waals surface area contributed by atoms with Crippen LogP contribution in [0.5, 0.6) is 0 Å². The van der Waals surface area contributed by atoms with Crippen LogP contribution >= 0.6 is 0 Å². The fraction of sp³-hybridized carbons (Fsp3) is 0.923. The van der Waals surface area contributed by atoms with E-state index in [0.29, 0.717) is 32.1 Å². The van der Waals surface area contributed by atoms with Gasteiger partial charge in [0.25, 0.3) is 0 Å². The van der Waals surface area contributed by atoms with Gasteiger partial charge in [-0.05, 0) is 32.1 Å². The van der Waals surface area contributed by atoms with Gasteiger partial charge in [-0.25, -0.2) is 0 Å². The molecule has 2 N–H and O–H groups in total. The third-order valence-corrected chi connectivity index (χ3v) is 3.35. The number of aliphatic hydroxyl groups is 1. The number of hydrogen-bond acceptors (Lipinski definition) is 3. The summed E-state index contributed by atoms with van der Waals surface area (Å²) in [5.41, 5.74) is 0. The molecule has 17 heavy (non-hydrogen) atoms. The molecule has 1 amide bonds. The first-order valence-electron chi connectivity index (χ1n) is 6.76. The first kappa shape index (κ1) is 14.5. The second-order valence-electron chi connectivity index (χ2n) is 4.72. The third-order valence-electron chi connectivity index (χ3n) is 3.35. The lowest BCUT2D eigenvalue weighted by Gasteiger charge is -2.17. The molecule has 4 heteroatoms. The molecule has 4 nitrogen and oxygen atoms in total. The highest BCUT2D eigenvalue weighted by Crippen LogP contribution is 2.27. The number of aliphatic hydroxyl groups excluding tert-OH is 1. The van der Waals surface area contributed by atoms with Crippen LogP contribution in [-0.2, 0) is 9.53 Å². The lowest BCUT2D eigenvalue weighted by molar-refractivity contribution is -0.122. The molecule has 1 rings (SSSR count). The minimum Gasteiger partial charge on any atom is -0.391 e. The molecule has 0 aliphatic heterocycles. The maximum atomic E-state index is 11.4. The largest absolute Gasteiger partial charge is 0.391 e. The number of carbonyl (C=O) groups excluding carboxylic acids is 1. The Bertz CT molecular complexity index is 215. The molecule has 0 saturated heterocycles. The summed E-state index contributed by atoms with van der Waals surface area (Å²) in [7, 11) is 0. The van der Waals surface area contributed by atoms with Gasteiger partial charge in [0.1, 0.15) is 0 Å². The zero-order valence-electron chi connectivity index (χ0n) is 10.8. The molecular formula is C13H25NO3. The molecule has 0 bridgehead atoms. The molecule has 1 saturated carbocycles. The van der Waals surface area contributed by atoms with Crippen molar-refractivity contribution >= 4 is 5.91 Å². The normalized spacial score (nSPS) is 18.2. The quantitative estimate of drug-likeness (QED) is 0.635. The molecule has 1 aliphatic carbocycles. The molecule has 0 aromatic heterocycles. The van der Waals surface area contributed by atoms with E-state index in [1.54, 1.807) is 0 Å². The Labute approximate surface area is 104 Å². The van der Waals surface area contributed by atoms with Crippen molar-refractivity contribution in [1.29, 1.82) is 0 Å². The van der Waals surface area contributed by atoms with Crippen LogP contribution in [0.15, 0.2) is 0 Å². The molecular weight excluding hydrogens is 218 g/mol. The van der Waals surface area contributed by atoms with Crippen molar-refractivity contribution in [1.82, 2.24) is 5.32 Å². The van der Waals surface area contributed by atoms with Gasteiger partial charge in [0.05, 0.1) is 6.10 Å². The van der Waals surface area contributed by atoms with E-state index in [9.17, 15) is 9.90 Å². The van der Waals surface area contributed by atoms with Crippen molar-refractivity contribution < 1.29 is 14.6 Å². The molecule has 0 spiro atoms. The van der Waals surface area contributed by atoms with Crippen LogP contribution in [0.3, 0.4) is 0 Å². The second kappa shape index (κ2) is 8.48. The highest BCUT2D eigenvalue weighted by Gasteiger charge is 2.23. The van der Waals surface area contributed by atoms with E-state index in [0.717, 1.165) is 19.3 Å². The Morgan fingerprint density at radius 1 is 1.47 bits per heavy atom. The van der Waals surface area contributed by atoms with Crippen molar-refractivity contribution in [3.05, 3.63) is 0 Å². The van der Waals surface area contributed by atoms with Gasteiger partial charge in [0, 0.05) is 26.2 Å². The fourth-order valence-electron chi connectivity index (χ4n) is 2.29. The molecule has 1 fully saturated rings. The lowest BCUT2D eigenvalue weighted by atomic mass is 10.0. The summed E-state index contributed by atoms with van der Waals surface area (Å²) >= 11 is 0. The van der Waals surface area contributed by atoms with Crippen molar-refractivity contribution in [3.8, 4) is 0 Å². The zero-order chi connectivity index (χ0) is 12.5. The molecule has 1 aliphatic rings. The number of hydrogen-bond donors (Lipinski definition) is 2. The fourth-order valence-corrected chi connectivity index (χ4v) is 2.29. The summed E-state index contributed by atoms with van der Waals surface area (Å²) in [6.07, 6.45) is 5.49. The monoisotopic (exact) mass is 243 g/mol. The summed E-state index contributed by atoms with van der Waals surface area (Å²) in [5, 5.41) is 12.7. The summed E-state index contributed by atoms with van der Waals surface area (Å²) in [4.78, 5) is 11.4. The topological polar surface area (TPSA) is 58.6 Å². The van der Waals surface area contributed by atoms with E-state index in [4.69, 9.17) is 4.74 Å². The minimum absolute atomic E-state index is 0.0155. The van der Waals surface area contributed by atoms with Crippen LogP contribution in [0.2, 0.25) is 0 Å². The average Bonchev–Trinajstić information content (AvgIpc) is 2.85. The number of amides is 1. The predicted molar refractivity (Wildman–Crippen MR) is 66.7 cm³/mol. The van der Waals surface area contributed by atoms with E-state index in [2.05, 4.69) is 5.32 Å². The summed E-state index contributed by atoms with van der Waals surface area (Å²) in [6, 6.07) is 0. The van der Waals surface area contributed by atoms with E-state index in [-0.39, 0.29) is 12.0 Å². The zero-order valence-corrected chi connectivity index (χ0v) is 10.8. The van der Waals surface area contributed by atoms with Crippen molar-refractivity contribution in [2.45, 2.75) is 51.6 Å². The minimum atomic E-state index is -0.367. The number of rotatable bonds is 8. The molecule has 1 unspecified atom stereocenters. The first-order chi connectivity index (χ1) is 8.24. The smallest absolute Gasteiger partial charge is 0.220 e. The molecule has 0 heterocycles. The molecule has 0 aromatic carbocycles. The standard InChI is InChI=1S/C13H25NO3/c1-2-17-9-5-8-13(16)14-10-12(15)11-6-3-4-7-11/h11-12,15H,2-10H2,1H3,(H,14,16). The van der Waals surface area contributed by atoms with Gasteiger partial charge in [-0.1, -0.05) is 12.8 Å². The van der Waals surface area contributed by atoms with Crippen molar-refractivity contribution in [2.75, 3.05) is 19.8 Å². The van der Waals surface area contributed by atoms with E-state index < -0.39 is 0 Å². The molecule has 0 radical (unpaired) electrons. The summed E-state index contributed by atoms with van der Waals surface area (Å²) in [5.74, 6) is 0.403. The Kier molecular flexibility index (Phi) is 7.21. The lowest BCUT2D eigenvalue weighted by Crippen LogP contribution is -2.35. The Morgan fingerprint density at radius 2 is 2.18 bits per heavy atom. The van der Waals surface area contributed by atoms with Crippen LogP contribution in [0, 0.1) is 5.92 Å². The van der Waals surface area contributed by atoms with Gasteiger partial charge < -0.3 is 15.2 Å².